The first-order valence-corrected chi connectivity index (χ1v) is 7.56. The van der Waals surface area contributed by atoms with Crippen LogP contribution in [0.3, 0.4) is 0 Å². The van der Waals surface area contributed by atoms with Crippen LogP contribution in [0.1, 0.15) is 21.5 Å². The number of nitrogens with one attached hydrogen (secondary N) is 1. The first-order chi connectivity index (χ1) is 9.44. The Morgan fingerprint density at radius 3 is 2.05 bits per heavy atom. The van der Waals surface area contributed by atoms with Crippen LogP contribution < -0.4 is 4.72 Å². The lowest BCUT2D eigenvalue weighted by Gasteiger charge is -2.11. The summed E-state index contributed by atoms with van der Waals surface area (Å²) in [6.45, 7) is 3.55. The van der Waals surface area contributed by atoms with Gasteiger partial charge in [-0.2, -0.15) is 0 Å². The van der Waals surface area contributed by atoms with Crippen molar-refractivity contribution in [3.8, 4) is 0 Å². The third kappa shape index (κ3) is 2.88. The van der Waals surface area contributed by atoms with E-state index in [1.165, 1.54) is 12.1 Å². The Bertz CT molecular complexity index is 714. The summed E-state index contributed by atoms with van der Waals surface area (Å²) in [7, 11) is -3.60. The van der Waals surface area contributed by atoms with Gasteiger partial charge in [0.25, 0.3) is 10.0 Å². The highest BCUT2D eigenvalue weighted by molar-refractivity contribution is 7.92. The zero-order chi connectivity index (χ0) is 14.8. The van der Waals surface area contributed by atoms with Crippen LogP contribution in [0, 0.1) is 13.8 Å². The topological polar surface area (TPSA) is 63.2 Å². The van der Waals surface area contributed by atoms with E-state index in [2.05, 4.69) is 4.72 Å². The second kappa shape index (κ2) is 5.46. The molecule has 2 rings (SSSR count). The van der Waals surface area contributed by atoms with Gasteiger partial charge in [-0.1, -0.05) is 18.2 Å². The number of aryl methyl sites for hydroxylation is 2. The third-order valence-electron chi connectivity index (χ3n) is 3.02. The van der Waals surface area contributed by atoms with E-state index in [9.17, 15) is 13.2 Å². The minimum atomic E-state index is -3.60. The van der Waals surface area contributed by atoms with Crippen molar-refractivity contribution in [3.05, 3.63) is 59.2 Å². The summed E-state index contributed by atoms with van der Waals surface area (Å²) in [5.74, 6) is 0. The normalized spacial score (nSPS) is 11.1. The van der Waals surface area contributed by atoms with Gasteiger partial charge in [0.15, 0.2) is 6.29 Å². The van der Waals surface area contributed by atoms with Crippen LogP contribution in [-0.4, -0.2) is 14.7 Å². The maximum Gasteiger partial charge on any atom is 0.261 e. The van der Waals surface area contributed by atoms with Gasteiger partial charge in [0.1, 0.15) is 0 Å². The van der Waals surface area contributed by atoms with Crippen molar-refractivity contribution in [2.75, 3.05) is 4.72 Å². The molecule has 0 amide bonds. The Labute approximate surface area is 118 Å². The minimum Gasteiger partial charge on any atom is -0.298 e. The smallest absolute Gasteiger partial charge is 0.261 e. The van der Waals surface area contributed by atoms with Crippen molar-refractivity contribution in [2.24, 2.45) is 0 Å². The van der Waals surface area contributed by atoms with Gasteiger partial charge < -0.3 is 0 Å². The molecular formula is C15H15NO3S. The maximum atomic E-state index is 12.2. The Morgan fingerprint density at radius 1 is 1.00 bits per heavy atom. The summed E-state index contributed by atoms with van der Waals surface area (Å²) >= 11 is 0. The standard InChI is InChI=1S/C15H15NO3S/c1-11-8-13(9-12(2)15(11)10-17)16-20(18,19)14-6-4-3-5-7-14/h3-10,16H,1-2H3. The molecule has 0 atom stereocenters. The molecule has 4 nitrogen and oxygen atoms in total. The van der Waals surface area contributed by atoms with Gasteiger partial charge in [0.05, 0.1) is 4.90 Å². The number of anilines is 1. The molecule has 0 saturated heterocycles. The van der Waals surface area contributed by atoms with Gasteiger partial charge in [-0.15, -0.1) is 0 Å². The maximum absolute atomic E-state index is 12.2. The number of rotatable bonds is 4. The lowest BCUT2D eigenvalue weighted by atomic mass is 10.0. The van der Waals surface area contributed by atoms with E-state index in [-0.39, 0.29) is 4.90 Å². The lowest BCUT2D eigenvalue weighted by molar-refractivity contribution is 0.112. The summed E-state index contributed by atoms with van der Waals surface area (Å²) in [4.78, 5) is 11.1. The number of carbonyl (C=O) groups is 1. The Balaban J connectivity index is 2.38. The molecule has 0 aliphatic rings. The van der Waals surface area contributed by atoms with Crippen LogP contribution in [0.25, 0.3) is 0 Å². The second-order valence-corrected chi connectivity index (χ2v) is 6.24. The van der Waals surface area contributed by atoms with Crippen LogP contribution in [0.15, 0.2) is 47.4 Å². The SMILES string of the molecule is Cc1cc(NS(=O)(=O)c2ccccc2)cc(C)c1C=O. The molecule has 0 aliphatic heterocycles. The predicted octanol–water partition coefficient (Wildman–Crippen LogP) is 2.92. The highest BCUT2D eigenvalue weighted by Crippen LogP contribution is 2.21. The monoisotopic (exact) mass is 289 g/mol. The van der Waals surface area contributed by atoms with Crippen molar-refractivity contribution in [2.45, 2.75) is 18.7 Å². The molecule has 1 N–H and O–H groups in total. The summed E-state index contributed by atoms with van der Waals surface area (Å²) in [6, 6.07) is 11.4. The molecule has 0 aliphatic carbocycles. The van der Waals surface area contributed by atoms with Crippen molar-refractivity contribution in [3.63, 3.8) is 0 Å². The van der Waals surface area contributed by atoms with Crippen LogP contribution in [0.5, 0.6) is 0 Å². The van der Waals surface area contributed by atoms with Gasteiger partial charge in [0, 0.05) is 11.3 Å². The number of hydrogen-bond acceptors (Lipinski definition) is 3. The zero-order valence-corrected chi connectivity index (χ0v) is 12.1. The van der Waals surface area contributed by atoms with E-state index in [0.717, 1.165) is 17.4 Å². The van der Waals surface area contributed by atoms with Crippen LogP contribution in [0.2, 0.25) is 0 Å². The zero-order valence-electron chi connectivity index (χ0n) is 11.3. The fraction of sp³-hybridized carbons (Fsp3) is 0.133. The van der Waals surface area contributed by atoms with Crippen molar-refractivity contribution in [1.29, 1.82) is 0 Å². The van der Waals surface area contributed by atoms with Crippen molar-refractivity contribution in [1.82, 2.24) is 0 Å². The summed E-state index contributed by atoms with van der Waals surface area (Å²) in [5.41, 5.74) is 2.53. The molecule has 2 aromatic rings. The third-order valence-corrected chi connectivity index (χ3v) is 4.41. The van der Waals surface area contributed by atoms with Crippen molar-refractivity contribution < 1.29 is 13.2 Å². The lowest BCUT2D eigenvalue weighted by Crippen LogP contribution is -2.13. The summed E-state index contributed by atoms with van der Waals surface area (Å²) < 4.78 is 26.9. The fourth-order valence-corrected chi connectivity index (χ4v) is 3.09. The van der Waals surface area contributed by atoms with Gasteiger partial charge in [-0.3, -0.25) is 9.52 Å². The van der Waals surface area contributed by atoms with Crippen LogP contribution in [-0.2, 0) is 10.0 Å². The Hall–Kier alpha value is -2.14. The van der Waals surface area contributed by atoms with Crippen molar-refractivity contribution >= 4 is 22.0 Å². The molecule has 0 saturated carbocycles. The molecule has 0 radical (unpaired) electrons. The highest BCUT2D eigenvalue weighted by atomic mass is 32.2. The highest BCUT2D eigenvalue weighted by Gasteiger charge is 2.14. The number of benzene rings is 2. The minimum absolute atomic E-state index is 0.203. The fourth-order valence-electron chi connectivity index (χ4n) is 2.03. The molecule has 0 aromatic heterocycles. The van der Waals surface area contributed by atoms with E-state index >= 15 is 0 Å². The first-order valence-electron chi connectivity index (χ1n) is 6.08. The van der Waals surface area contributed by atoms with E-state index in [0.29, 0.717) is 11.3 Å². The molecule has 0 spiro atoms. The average Bonchev–Trinajstić information content (AvgIpc) is 2.39. The molecule has 0 unspecified atom stereocenters. The molecule has 20 heavy (non-hydrogen) atoms. The number of hydrogen-bond donors (Lipinski definition) is 1. The Morgan fingerprint density at radius 2 is 1.55 bits per heavy atom. The Kier molecular flexibility index (Phi) is 3.90. The summed E-state index contributed by atoms with van der Waals surface area (Å²) in [6.07, 6.45) is 0.778. The molecule has 0 heterocycles. The van der Waals surface area contributed by atoms with E-state index in [1.54, 1.807) is 44.2 Å². The first kappa shape index (κ1) is 14.3. The van der Waals surface area contributed by atoms with Gasteiger partial charge in [-0.05, 0) is 49.2 Å². The molecule has 5 heteroatoms. The quantitative estimate of drug-likeness (QED) is 0.880. The predicted molar refractivity (Wildman–Crippen MR) is 78.6 cm³/mol. The van der Waals surface area contributed by atoms with E-state index < -0.39 is 10.0 Å². The average molecular weight is 289 g/mol. The molecule has 0 fully saturated rings. The number of aldehydes is 1. The van der Waals surface area contributed by atoms with Crippen LogP contribution >= 0.6 is 0 Å². The molecule has 104 valence electrons. The summed E-state index contributed by atoms with van der Waals surface area (Å²) in [5, 5.41) is 0. The second-order valence-electron chi connectivity index (χ2n) is 4.56. The molecule has 0 bridgehead atoms. The van der Waals surface area contributed by atoms with E-state index in [4.69, 9.17) is 0 Å². The van der Waals surface area contributed by atoms with Gasteiger partial charge in [-0.25, -0.2) is 8.42 Å². The van der Waals surface area contributed by atoms with Gasteiger partial charge >= 0.3 is 0 Å². The molecular weight excluding hydrogens is 274 g/mol. The number of carbonyl (C=O) groups excluding carboxylic acids is 1. The van der Waals surface area contributed by atoms with Crippen LogP contribution in [0.4, 0.5) is 5.69 Å². The largest absolute Gasteiger partial charge is 0.298 e. The molecule has 2 aromatic carbocycles. The number of sulfonamides is 1. The van der Waals surface area contributed by atoms with Gasteiger partial charge in [0.2, 0.25) is 0 Å². The van der Waals surface area contributed by atoms with E-state index in [1.807, 2.05) is 0 Å².